The Morgan fingerprint density at radius 2 is 1.46 bits per heavy atom. The van der Waals surface area contributed by atoms with Gasteiger partial charge in [-0.15, -0.1) is 0 Å². The van der Waals surface area contributed by atoms with Gasteiger partial charge in [0.05, 0.1) is 0 Å². The molecule has 26 heavy (non-hydrogen) atoms. The third-order valence-electron chi connectivity index (χ3n) is 5.17. The van der Waals surface area contributed by atoms with E-state index in [0.717, 1.165) is 5.56 Å². The van der Waals surface area contributed by atoms with Gasteiger partial charge in [0.15, 0.2) is 0 Å². The minimum atomic E-state index is -2.48. The number of rotatable bonds is 12. The molecule has 0 aromatic heterocycles. The van der Waals surface area contributed by atoms with Gasteiger partial charge in [0, 0.05) is 0 Å². The zero-order valence-corrected chi connectivity index (χ0v) is 20.3. The standard InChI is InChI=1S/C12H11O.3C4H9.Sn/c1-13-11-7-3-6-10-12-8-4-2-5-9-12;3*1-3-4-2;/h2,4-5,7-9H,11H2,1H3;3*1,3-4H2,2H3;. The van der Waals surface area contributed by atoms with Crippen molar-refractivity contribution < 1.29 is 4.74 Å². The normalized spacial score (nSPS) is 11.9. The van der Waals surface area contributed by atoms with Crippen LogP contribution < -0.4 is 0 Å². The maximum atomic E-state index is 5.42. The van der Waals surface area contributed by atoms with Gasteiger partial charge in [-0.05, 0) is 0 Å². The molecule has 0 aliphatic heterocycles. The van der Waals surface area contributed by atoms with E-state index < -0.39 is 18.4 Å². The van der Waals surface area contributed by atoms with Gasteiger partial charge in [0.2, 0.25) is 0 Å². The van der Waals surface area contributed by atoms with Crippen molar-refractivity contribution in [2.45, 2.75) is 72.6 Å². The van der Waals surface area contributed by atoms with Crippen molar-refractivity contribution in [2.24, 2.45) is 0 Å². The zero-order chi connectivity index (χ0) is 19.1. The summed E-state index contributed by atoms with van der Waals surface area (Å²) in [5.41, 5.74) is 1.12. The molecule has 0 saturated heterocycles. The molecule has 1 rings (SSSR count). The molecule has 0 bridgehead atoms. The molecule has 1 aromatic rings. The van der Waals surface area contributed by atoms with E-state index >= 15 is 0 Å². The zero-order valence-electron chi connectivity index (χ0n) is 17.4. The second-order valence-corrected chi connectivity index (χ2v) is 20.4. The number of benzene rings is 1. The predicted octanol–water partition coefficient (Wildman–Crippen LogP) is 7.00. The average molecular weight is 461 g/mol. The first-order valence-electron chi connectivity index (χ1n) is 10.5. The molecule has 0 saturated carbocycles. The van der Waals surface area contributed by atoms with Crippen LogP contribution in [0.1, 0.15) is 64.9 Å². The number of hydrogen-bond donors (Lipinski definition) is 0. The Kier molecular flexibility index (Phi) is 12.9. The second kappa shape index (κ2) is 14.4. The first kappa shape index (κ1) is 23.3. The van der Waals surface area contributed by atoms with Crippen molar-refractivity contribution in [1.29, 1.82) is 0 Å². The molecule has 0 N–H and O–H groups in total. The van der Waals surface area contributed by atoms with Gasteiger partial charge < -0.3 is 0 Å². The quantitative estimate of drug-likeness (QED) is 0.241. The molecular weight excluding hydrogens is 423 g/mol. The van der Waals surface area contributed by atoms with Crippen molar-refractivity contribution in [3.8, 4) is 11.8 Å². The molecule has 1 aromatic carbocycles. The SMILES string of the molecule is CCC[CH2][Sn]([CH2]CCC)([CH2]CCC)/[C](C#Cc1ccccc1)=C\COC. The molecule has 0 heterocycles. The van der Waals surface area contributed by atoms with Crippen LogP contribution in [0.15, 0.2) is 40.0 Å². The second-order valence-electron chi connectivity index (χ2n) is 7.28. The summed E-state index contributed by atoms with van der Waals surface area (Å²) in [6, 6.07) is 10.4. The van der Waals surface area contributed by atoms with Gasteiger partial charge in [0.25, 0.3) is 0 Å². The molecule has 0 unspecified atom stereocenters. The number of hydrogen-bond acceptors (Lipinski definition) is 1. The van der Waals surface area contributed by atoms with E-state index in [1.807, 2.05) is 0 Å². The number of ether oxygens (including phenoxy) is 1. The Morgan fingerprint density at radius 1 is 0.923 bits per heavy atom. The summed E-state index contributed by atoms with van der Waals surface area (Å²) in [6.45, 7) is 7.67. The van der Waals surface area contributed by atoms with Crippen LogP contribution in [0, 0.1) is 11.8 Å². The fourth-order valence-electron chi connectivity index (χ4n) is 3.55. The van der Waals surface area contributed by atoms with Crippen LogP contribution in [0.3, 0.4) is 0 Å². The van der Waals surface area contributed by atoms with Crippen LogP contribution in [-0.4, -0.2) is 32.1 Å². The minimum absolute atomic E-state index is 0.696. The van der Waals surface area contributed by atoms with Gasteiger partial charge in [-0.3, -0.25) is 0 Å². The van der Waals surface area contributed by atoms with Crippen molar-refractivity contribution in [2.75, 3.05) is 13.7 Å². The van der Waals surface area contributed by atoms with Crippen LogP contribution in [0.5, 0.6) is 0 Å². The van der Waals surface area contributed by atoms with Crippen LogP contribution in [0.4, 0.5) is 0 Å². The van der Waals surface area contributed by atoms with E-state index in [9.17, 15) is 0 Å². The van der Waals surface area contributed by atoms with Crippen molar-refractivity contribution in [1.82, 2.24) is 0 Å². The van der Waals surface area contributed by atoms with E-state index in [0.29, 0.717) is 6.61 Å². The number of allylic oxidation sites excluding steroid dienone is 1. The average Bonchev–Trinajstić information content (AvgIpc) is 2.69. The van der Waals surface area contributed by atoms with Crippen LogP contribution in [0.25, 0.3) is 0 Å². The summed E-state index contributed by atoms with van der Waals surface area (Å²) in [5, 5.41) is 0. The third kappa shape index (κ3) is 8.31. The maximum absolute atomic E-state index is 5.42. The van der Waals surface area contributed by atoms with Gasteiger partial charge in [0.1, 0.15) is 0 Å². The van der Waals surface area contributed by atoms with Gasteiger partial charge in [-0.1, -0.05) is 0 Å². The summed E-state index contributed by atoms with van der Waals surface area (Å²) >= 11 is -2.48. The Balaban J connectivity index is 3.26. The molecule has 0 atom stereocenters. The molecule has 0 amide bonds. The van der Waals surface area contributed by atoms with Crippen LogP contribution in [-0.2, 0) is 4.74 Å². The first-order valence-corrected chi connectivity index (χ1v) is 18.0. The number of unbranched alkanes of at least 4 members (excludes halogenated alkanes) is 3. The molecule has 144 valence electrons. The monoisotopic (exact) mass is 462 g/mol. The van der Waals surface area contributed by atoms with Gasteiger partial charge in [-0.2, -0.15) is 0 Å². The molecule has 0 radical (unpaired) electrons. The van der Waals surface area contributed by atoms with E-state index in [4.69, 9.17) is 4.74 Å². The summed E-state index contributed by atoms with van der Waals surface area (Å²) in [6.07, 6.45) is 10.3. The Morgan fingerprint density at radius 3 is 1.92 bits per heavy atom. The van der Waals surface area contributed by atoms with Crippen molar-refractivity contribution in [3.63, 3.8) is 0 Å². The summed E-state index contributed by atoms with van der Waals surface area (Å²) in [5.74, 6) is 7.13. The predicted molar refractivity (Wildman–Crippen MR) is 118 cm³/mol. The molecule has 0 aliphatic rings. The van der Waals surface area contributed by atoms with Crippen molar-refractivity contribution in [3.05, 3.63) is 45.6 Å². The Labute approximate surface area is 166 Å². The summed E-state index contributed by atoms with van der Waals surface area (Å²) < 4.78 is 11.3. The molecule has 0 aliphatic carbocycles. The Hall–Kier alpha value is -0.721. The summed E-state index contributed by atoms with van der Waals surface area (Å²) in [7, 11) is 1.79. The first-order chi connectivity index (χ1) is 12.7. The topological polar surface area (TPSA) is 9.23 Å². The molecule has 1 nitrogen and oxygen atoms in total. The fraction of sp³-hybridized carbons (Fsp3) is 0.583. The van der Waals surface area contributed by atoms with Crippen LogP contribution in [0.2, 0.25) is 13.3 Å². The molecule has 0 fully saturated rings. The molecular formula is C24H38OSn. The summed E-state index contributed by atoms with van der Waals surface area (Å²) in [4.78, 5) is 0. The third-order valence-corrected chi connectivity index (χ3v) is 20.6. The van der Waals surface area contributed by atoms with Gasteiger partial charge in [-0.25, -0.2) is 0 Å². The Bertz CT molecular complexity index is 543. The van der Waals surface area contributed by atoms with E-state index in [2.05, 4.69) is 69.0 Å². The van der Waals surface area contributed by atoms with Crippen LogP contribution >= 0.6 is 0 Å². The van der Waals surface area contributed by atoms with Gasteiger partial charge >= 0.3 is 167 Å². The molecule has 2 heteroatoms. The fourth-order valence-corrected chi connectivity index (χ4v) is 19.2. The van der Waals surface area contributed by atoms with E-state index in [1.165, 1.54) is 55.4 Å². The van der Waals surface area contributed by atoms with E-state index in [-0.39, 0.29) is 0 Å². The van der Waals surface area contributed by atoms with E-state index in [1.54, 1.807) is 7.11 Å². The molecule has 0 spiro atoms. The van der Waals surface area contributed by atoms with Crippen molar-refractivity contribution >= 4 is 18.4 Å². The number of methoxy groups -OCH3 is 1.